The van der Waals surface area contributed by atoms with E-state index in [0.717, 1.165) is 43.4 Å². The average molecular weight is 391 g/mol. The van der Waals surface area contributed by atoms with Crippen molar-refractivity contribution in [1.82, 2.24) is 9.97 Å². The predicted octanol–water partition coefficient (Wildman–Crippen LogP) is 4.17. The molecule has 29 heavy (non-hydrogen) atoms. The fourth-order valence-electron chi connectivity index (χ4n) is 3.53. The van der Waals surface area contributed by atoms with Gasteiger partial charge in [-0.15, -0.1) is 0 Å². The van der Waals surface area contributed by atoms with Crippen molar-refractivity contribution in [3.05, 3.63) is 77.2 Å². The topological polar surface area (TPSA) is 44.3 Å². The maximum atomic E-state index is 13.2. The highest BCUT2D eigenvalue weighted by Crippen LogP contribution is 2.21. The molecule has 4 rings (SSSR count). The molecule has 1 fully saturated rings. The van der Waals surface area contributed by atoms with E-state index in [9.17, 15) is 4.39 Å². The summed E-state index contributed by atoms with van der Waals surface area (Å²) in [5.41, 5.74) is 4.46. The summed E-state index contributed by atoms with van der Waals surface area (Å²) >= 11 is 0. The number of nitrogens with zero attached hydrogens (tertiary/aromatic N) is 4. The first-order valence-corrected chi connectivity index (χ1v) is 9.97. The third-order valence-corrected chi connectivity index (χ3v) is 5.21. The Balaban J connectivity index is 1.40. The number of aryl methyl sites for hydroxylation is 2. The van der Waals surface area contributed by atoms with Crippen LogP contribution in [0, 0.1) is 19.7 Å². The summed E-state index contributed by atoms with van der Waals surface area (Å²) in [6.45, 7) is 8.26. The van der Waals surface area contributed by atoms with Crippen LogP contribution in [0.2, 0.25) is 0 Å². The van der Waals surface area contributed by atoms with Crippen molar-refractivity contribution in [2.45, 2.75) is 20.4 Å². The van der Waals surface area contributed by atoms with Gasteiger partial charge in [-0.2, -0.15) is 4.98 Å². The molecule has 0 bridgehead atoms. The van der Waals surface area contributed by atoms with Gasteiger partial charge in [-0.1, -0.05) is 29.8 Å². The lowest BCUT2D eigenvalue weighted by Gasteiger charge is -2.36. The van der Waals surface area contributed by atoms with Crippen LogP contribution in [0.25, 0.3) is 0 Å². The molecule has 6 heteroatoms. The van der Waals surface area contributed by atoms with E-state index >= 15 is 0 Å². The van der Waals surface area contributed by atoms with Crippen molar-refractivity contribution < 1.29 is 4.39 Å². The van der Waals surface area contributed by atoms with E-state index in [4.69, 9.17) is 4.98 Å². The van der Waals surface area contributed by atoms with Gasteiger partial charge in [-0.3, -0.25) is 0 Å². The molecular formula is C23H26FN5. The van der Waals surface area contributed by atoms with Crippen molar-refractivity contribution >= 4 is 17.5 Å². The largest absolute Gasteiger partial charge is 0.368 e. The van der Waals surface area contributed by atoms with Gasteiger partial charge < -0.3 is 15.1 Å². The molecule has 2 heterocycles. The molecule has 1 N–H and O–H groups in total. The van der Waals surface area contributed by atoms with Crippen molar-refractivity contribution in [2.24, 2.45) is 0 Å². The first-order valence-electron chi connectivity index (χ1n) is 9.97. The zero-order valence-corrected chi connectivity index (χ0v) is 16.9. The van der Waals surface area contributed by atoms with Crippen LogP contribution in [-0.4, -0.2) is 36.1 Å². The summed E-state index contributed by atoms with van der Waals surface area (Å²) in [6.07, 6.45) is 0. The number of nitrogens with one attached hydrogen (secondary N) is 1. The second-order valence-electron chi connectivity index (χ2n) is 7.48. The van der Waals surface area contributed by atoms with Gasteiger partial charge in [0.15, 0.2) is 0 Å². The Kier molecular flexibility index (Phi) is 5.60. The maximum absolute atomic E-state index is 13.2. The molecule has 0 amide bonds. The summed E-state index contributed by atoms with van der Waals surface area (Å²) in [6, 6.07) is 17.2. The number of hydrogen-bond donors (Lipinski definition) is 1. The van der Waals surface area contributed by atoms with E-state index in [0.29, 0.717) is 12.5 Å². The number of hydrogen-bond acceptors (Lipinski definition) is 5. The smallest absolute Gasteiger partial charge is 0.225 e. The summed E-state index contributed by atoms with van der Waals surface area (Å²) in [4.78, 5) is 13.8. The minimum Gasteiger partial charge on any atom is -0.368 e. The predicted molar refractivity (Wildman–Crippen MR) is 116 cm³/mol. The van der Waals surface area contributed by atoms with Crippen LogP contribution in [0.4, 0.5) is 21.8 Å². The molecule has 0 saturated carbocycles. The molecule has 1 aliphatic rings. The molecule has 1 aromatic heterocycles. The van der Waals surface area contributed by atoms with E-state index in [2.05, 4.69) is 51.3 Å². The first-order chi connectivity index (χ1) is 14.1. The average Bonchev–Trinajstić information content (AvgIpc) is 2.74. The first kappa shape index (κ1) is 19.2. The Labute approximate surface area is 171 Å². The Morgan fingerprint density at radius 2 is 1.52 bits per heavy atom. The maximum Gasteiger partial charge on any atom is 0.225 e. The normalized spacial score (nSPS) is 14.2. The van der Waals surface area contributed by atoms with Gasteiger partial charge in [0.1, 0.15) is 11.6 Å². The van der Waals surface area contributed by atoms with Crippen molar-refractivity contribution in [3.63, 3.8) is 0 Å². The molecule has 3 aromatic rings. The zero-order valence-electron chi connectivity index (χ0n) is 16.9. The standard InChI is InChI=1S/C23H26FN5/c1-17-3-5-19(6-4-17)16-25-23-26-18(2)15-22(27-23)29-13-11-28(12-14-29)21-9-7-20(24)8-10-21/h3-10,15H,11-14,16H2,1-2H3,(H,25,26,27). The number of halogens is 1. The number of benzene rings is 2. The lowest BCUT2D eigenvalue weighted by Crippen LogP contribution is -2.46. The van der Waals surface area contributed by atoms with E-state index < -0.39 is 0 Å². The van der Waals surface area contributed by atoms with Gasteiger partial charge in [0.25, 0.3) is 0 Å². The monoisotopic (exact) mass is 391 g/mol. The van der Waals surface area contributed by atoms with Crippen LogP contribution in [0.5, 0.6) is 0 Å². The molecule has 0 unspecified atom stereocenters. The van der Waals surface area contributed by atoms with Crippen molar-refractivity contribution in [1.29, 1.82) is 0 Å². The Morgan fingerprint density at radius 1 is 0.862 bits per heavy atom. The fourth-order valence-corrected chi connectivity index (χ4v) is 3.53. The van der Waals surface area contributed by atoms with Gasteiger partial charge in [-0.25, -0.2) is 9.37 Å². The van der Waals surface area contributed by atoms with Gasteiger partial charge in [-0.05, 0) is 43.7 Å². The number of aromatic nitrogens is 2. The Morgan fingerprint density at radius 3 is 2.21 bits per heavy atom. The fraction of sp³-hybridized carbons (Fsp3) is 0.304. The van der Waals surface area contributed by atoms with Gasteiger partial charge in [0, 0.05) is 50.2 Å². The summed E-state index contributed by atoms with van der Waals surface area (Å²) in [5, 5.41) is 3.35. The second kappa shape index (κ2) is 8.47. The molecule has 0 atom stereocenters. The highest BCUT2D eigenvalue weighted by Gasteiger charge is 2.19. The van der Waals surface area contributed by atoms with E-state index in [1.807, 2.05) is 25.1 Å². The number of anilines is 3. The Hall–Kier alpha value is -3.15. The van der Waals surface area contributed by atoms with E-state index in [-0.39, 0.29) is 5.82 Å². The molecule has 0 spiro atoms. The highest BCUT2D eigenvalue weighted by atomic mass is 19.1. The minimum atomic E-state index is -0.200. The molecular weight excluding hydrogens is 365 g/mol. The molecule has 2 aromatic carbocycles. The quantitative estimate of drug-likeness (QED) is 0.707. The van der Waals surface area contributed by atoms with Crippen LogP contribution >= 0.6 is 0 Å². The number of piperazine rings is 1. The van der Waals surface area contributed by atoms with Crippen LogP contribution in [0.15, 0.2) is 54.6 Å². The summed E-state index contributed by atoms with van der Waals surface area (Å²) < 4.78 is 13.2. The van der Waals surface area contributed by atoms with Gasteiger partial charge >= 0.3 is 0 Å². The van der Waals surface area contributed by atoms with Crippen molar-refractivity contribution in [3.8, 4) is 0 Å². The third kappa shape index (κ3) is 4.83. The number of rotatable bonds is 5. The van der Waals surface area contributed by atoms with Crippen LogP contribution < -0.4 is 15.1 Å². The summed E-state index contributed by atoms with van der Waals surface area (Å²) in [7, 11) is 0. The van der Waals surface area contributed by atoms with Gasteiger partial charge in [0.2, 0.25) is 5.95 Å². The SMILES string of the molecule is Cc1ccc(CNc2nc(C)cc(N3CCN(c4ccc(F)cc4)CC3)n2)cc1. The van der Waals surface area contributed by atoms with Crippen LogP contribution in [0.1, 0.15) is 16.8 Å². The molecule has 5 nitrogen and oxygen atoms in total. The molecule has 1 saturated heterocycles. The van der Waals surface area contributed by atoms with E-state index in [1.54, 1.807) is 0 Å². The second-order valence-corrected chi connectivity index (χ2v) is 7.48. The molecule has 0 radical (unpaired) electrons. The zero-order chi connectivity index (χ0) is 20.2. The summed E-state index contributed by atoms with van der Waals surface area (Å²) in [5.74, 6) is 1.40. The molecule has 0 aliphatic carbocycles. The lowest BCUT2D eigenvalue weighted by molar-refractivity contribution is 0.624. The minimum absolute atomic E-state index is 0.200. The lowest BCUT2D eigenvalue weighted by atomic mass is 10.1. The van der Waals surface area contributed by atoms with Crippen molar-refractivity contribution in [2.75, 3.05) is 41.3 Å². The molecule has 1 aliphatic heterocycles. The van der Waals surface area contributed by atoms with Gasteiger partial charge in [0.05, 0.1) is 0 Å². The molecule has 150 valence electrons. The Bertz CT molecular complexity index is 948. The van der Waals surface area contributed by atoms with E-state index in [1.165, 1.54) is 23.3 Å². The highest BCUT2D eigenvalue weighted by molar-refractivity contribution is 5.51. The third-order valence-electron chi connectivity index (χ3n) is 5.21. The van der Waals surface area contributed by atoms with Crippen LogP contribution in [-0.2, 0) is 6.54 Å². The van der Waals surface area contributed by atoms with Crippen LogP contribution in [0.3, 0.4) is 0 Å².